The molecule has 4 atom stereocenters. The van der Waals surface area contributed by atoms with Crippen molar-refractivity contribution in [2.45, 2.75) is 37.5 Å². The van der Waals surface area contributed by atoms with Gasteiger partial charge in [-0.15, -0.1) is 0 Å². The first-order valence-electron chi connectivity index (χ1n) is 7.81. The van der Waals surface area contributed by atoms with Gasteiger partial charge in [-0.3, -0.25) is 9.59 Å². The van der Waals surface area contributed by atoms with Gasteiger partial charge in [-0.1, -0.05) is 0 Å². The Bertz CT molecular complexity index is 600. The minimum absolute atomic E-state index is 0.0773. The number of aliphatic hydroxyl groups excluding tert-OH is 1. The molecule has 6 nitrogen and oxygen atoms in total. The molecule has 1 aromatic rings. The summed E-state index contributed by atoms with van der Waals surface area (Å²) in [5.41, 5.74) is 0. The summed E-state index contributed by atoms with van der Waals surface area (Å²) in [6.45, 7) is 0. The fourth-order valence-electron chi connectivity index (χ4n) is 3.39. The van der Waals surface area contributed by atoms with E-state index >= 15 is 0 Å². The number of likely N-dealkylation sites (N-methyl/N-ethyl adjacent to an activating group) is 1. The predicted octanol–water partition coefficient (Wildman–Crippen LogP) is 1.01. The molecule has 0 unspecified atom stereocenters. The van der Waals surface area contributed by atoms with Crippen molar-refractivity contribution in [2.24, 2.45) is 5.92 Å². The number of carbonyl (C=O) groups is 2. The summed E-state index contributed by atoms with van der Waals surface area (Å²) in [4.78, 5) is 25.4. The molecule has 1 saturated carbocycles. The highest BCUT2D eigenvalue weighted by molar-refractivity contribution is 5.90. The van der Waals surface area contributed by atoms with Crippen LogP contribution in [0, 0.1) is 5.92 Å². The van der Waals surface area contributed by atoms with E-state index in [1.54, 1.807) is 38.4 Å². The number of carbonyl (C=O) groups excluding carboxylic acids is 2. The molecule has 1 heterocycles. The van der Waals surface area contributed by atoms with Crippen molar-refractivity contribution in [3.63, 3.8) is 0 Å². The first-order valence-corrected chi connectivity index (χ1v) is 7.81. The van der Waals surface area contributed by atoms with Crippen LogP contribution < -0.4 is 9.47 Å². The summed E-state index contributed by atoms with van der Waals surface area (Å²) >= 11 is 0. The molecule has 0 radical (unpaired) electrons. The first-order chi connectivity index (χ1) is 11.0. The molecule has 1 saturated heterocycles. The molecule has 23 heavy (non-hydrogen) atoms. The van der Waals surface area contributed by atoms with Gasteiger partial charge in [0.05, 0.1) is 13.2 Å². The fraction of sp³-hybridized carbons (Fsp3) is 0.529. The van der Waals surface area contributed by atoms with E-state index in [2.05, 4.69) is 0 Å². The average Bonchev–Trinajstić information content (AvgIpc) is 3.00. The molecule has 0 aromatic heterocycles. The minimum Gasteiger partial charge on any atom is -0.497 e. The van der Waals surface area contributed by atoms with E-state index in [0.29, 0.717) is 24.3 Å². The maximum absolute atomic E-state index is 12.1. The van der Waals surface area contributed by atoms with Crippen molar-refractivity contribution in [2.75, 3.05) is 14.2 Å². The van der Waals surface area contributed by atoms with Gasteiger partial charge in [-0.25, -0.2) is 0 Å². The van der Waals surface area contributed by atoms with Crippen LogP contribution in [0.3, 0.4) is 0 Å². The lowest BCUT2D eigenvalue weighted by atomic mass is 9.84. The first kappa shape index (κ1) is 15.8. The maximum Gasteiger partial charge on any atom is 0.266 e. The third-order valence-electron chi connectivity index (χ3n) is 4.78. The van der Waals surface area contributed by atoms with Crippen molar-refractivity contribution >= 4 is 11.7 Å². The number of hydrogen-bond donors (Lipinski definition) is 1. The van der Waals surface area contributed by atoms with Crippen LogP contribution in [0.4, 0.5) is 0 Å². The highest BCUT2D eigenvalue weighted by atomic mass is 16.5. The Hall–Kier alpha value is -2.08. The van der Waals surface area contributed by atoms with Crippen LogP contribution in [-0.4, -0.2) is 54.1 Å². The van der Waals surface area contributed by atoms with E-state index in [1.807, 2.05) is 0 Å². The number of amides is 1. The molecule has 3 rings (SSSR count). The van der Waals surface area contributed by atoms with E-state index < -0.39 is 24.2 Å². The lowest BCUT2D eigenvalue weighted by Crippen LogP contribution is -2.70. The maximum atomic E-state index is 12.1. The van der Waals surface area contributed by atoms with Crippen LogP contribution in [-0.2, 0) is 9.59 Å². The number of nitrogens with zero attached hydrogens (tertiary/aromatic N) is 1. The van der Waals surface area contributed by atoms with E-state index in [0.717, 1.165) is 6.42 Å². The van der Waals surface area contributed by atoms with Crippen molar-refractivity contribution in [1.29, 1.82) is 0 Å². The molecular weight excluding hydrogens is 298 g/mol. The smallest absolute Gasteiger partial charge is 0.266 e. The van der Waals surface area contributed by atoms with E-state index in [9.17, 15) is 14.7 Å². The number of ether oxygens (including phenoxy) is 2. The number of rotatable bonds is 5. The number of hydrogen-bond acceptors (Lipinski definition) is 5. The quantitative estimate of drug-likeness (QED) is 0.820. The van der Waals surface area contributed by atoms with Gasteiger partial charge in [0.2, 0.25) is 0 Å². The van der Waals surface area contributed by atoms with Gasteiger partial charge in [0.25, 0.3) is 5.91 Å². The molecule has 6 heteroatoms. The second kappa shape index (κ2) is 6.20. The molecule has 1 aromatic carbocycles. The van der Waals surface area contributed by atoms with Gasteiger partial charge < -0.3 is 19.5 Å². The summed E-state index contributed by atoms with van der Waals surface area (Å²) in [5, 5.41) is 10.5. The van der Waals surface area contributed by atoms with Crippen LogP contribution in [0.15, 0.2) is 24.3 Å². The molecule has 1 amide bonds. The highest BCUT2D eigenvalue weighted by Gasteiger charge is 2.53. The summed E-state index contributed by atoms with van der Waals surface area (Å²) in [7, 11) is 3.20. The molecular formula is C17H21NO5. The Kier molecular flexibility index (Phi) is 4.26. The minimum atomic E-state index is -0.879. The standard InChI is InChI=1S/C17H21NO5/c1-18-14(15(20)12-4-3-5-13(12)19)16(17(18)21)23-11-8-6-10(22-2)7-9-11/h6-9,12,14-16,20H,3-5H2,1-2H3/t12-,14+,15+,16-/m1/s1. The molecule has 124 valence electrons. The summed E-state index contributed by atoms with van der Waals surface area (Å²) in [5.74, 6) is 0.732. The Labute approximate surface area is 135 Å². The fourth-order valence-corrected chi connectivity index (χ4v) is 3.39. The van der Waals surface area contributed by atoms with Crippen molar-refractivity contribution in [1.82, 2.24) is 4.90 Å². The number of benzene rings is 1. The second-order valence-electron chi connectivity index (χ2n) is 6.11. The number of Topliss-reactive ketones (excluding diaryl/α,β-unsaturated/α-hetero) is 1. The topological polar surface area (TPSA) is 76.1 Å². The zero-order valence-electron chi connectivity index (χ0n) is 13.3. The average molecular weight is 319 g/mol. The van der Waals surface area contributed by atoms with Crippen LogP contribution in [0.5, 0.6) is 11.5 Å². The van der Waals surface area contributed by atoms with E-state index in [-0.39, 0.29) is 11.7 Å². The molecule has 1 aliphatic heterocycles. The molecule has 2 fully saturated rings. The van der Waals surface area contributed by atoms with Crippen molar-refractivity contribution in [3.05, 3.63) is 24.3 Å². The molecule has 0 spiro atoms. The zero-order chi connectivity index (χ0) is 16.6. The Morgan fingerprint density at radius 3 is 2.43 bits per heavy atom. The third kappa shape index (κ3) is 2.79. The van der Waals surface area contributed by atoms with Gasteiger partial charge in [0, 0.05) is 19.4 Å². The largest absolute Gasteiger partial charge is 0.497 e. The normalized spacial score (nSPS) is 28.5. The summed E-state index contributed by atoms with van der Waals surface area (Å²) in [6.07, 6.45) is 0.353. The molecule has 0 bridgehead atoms. The van der Waals surface area contributed by atoms with Crippen LogP contribution >= 0.6 is 0 Å². The van der Waals surface area contributed by atoms with Gasteiger partial charge in [0.15, 0.2) is 6.10 Å². The number of β-lactam (4-membered cyclic amide) rings is 1. The molecule has 1 aliphatic carbocycles. The molecule has 2 aliphatic rings. The highest BCUT2D eigenvalue weighted by Crippen LogP contribution is 2.34. The third-order valence-corrected chi connectivity index (χ3v) is 4.78. The zero-order valence-corrected chi connectivity index (χ0v) is 13.3. The van der Waals surface area contributed by atoms with Gasteiger partial charge in [-0.2, -0.15) is 0 Å². The number of ketones is 1. The van der Waals surface area contributed by atoms with Gasteiger partial charge in [0.1, 0.15) is 23.3 Å². The van der Waals surface area contributed by atoms with Crippen LogP contribution in [0.2, 0.25) is 0 Å². The monoisotopic (exact) mass is 319 g/mol. The number of likely N-dealkylation sites (tertiary alicyclic amines) is 1. The summed E-state index contributed by atoms with van der Waals surface area (Å²) in [6, 6.07) is 6.43. The summed E-state index contributed by atoms with van der Waals surface area (Å²) < 4.78 is 10.8. The Morgan fingerprint density at radius 2 is 1.87 bits per heavy atom. The van der Waals surface area contributed by atoms with Crippen LogP contribution in [0.1, 0.15) is 19.3 Å². The van der Waals surface area contributed by atoms with Gasteiger partial charge in [-0.05, 0) is 37.1 Å². The van der Waals surface area contributed by atoms with Crippen LogP contribution in [0.25, 0.3) is 0 Å². The van der Waals surface area contributed by atoms with Crippen molar-refractivity contribution in [3.8, 4) is 11.5 Å². The predicted molar refractivity (Wildman–Crippen MR) is 82.3 cm³/mol. The van der Waals surface area contributed by atoms with Crippen molar-refractivity contribution < 1.29 is 24.2 Å². The number of methoxy groups -OCH3 is 1. The second-order valence-corrected chi connectivity index (χ2v) is 6.11. The number of aliphatic hydroxyl groups is 1. The molecule has 1 N–H and O–H groups in total. The van der Waals surface area contributed by atoms with E-state index in [1.165, 1.54) is 4.90 Å². The van der Waals surface area contributed by atoms with E-state index in [4.69, 9.17) is 9.47 Å². The lowest BCUT2D eigenvalue weighted by Gasteiger charge is -2.47. The Balaban J connectivity index is 1.71. The Morgan fingerprint density at radius 1 is 1.22 bits per heavy atom. The SMILES string of the molecule is COc1ccc(O[C@H]2C(=O)N(C)[C@H]2[C@@H](O)[C@@H]2CCCC2=O)cc1. The lowest BCUT2D eigenvalue weighted by molar-refractivity contribution is -0.173. The van der Waals surface area contributed by atoms with Gasteiger partial charge >= 0.3 is 0 Å².